The Morgan fingerprint density at radius 3 is 2.41 bits per heavy atom. The zero-order valence-electron chi connectivity index (χ0n) is 22.4. The highest BCUT2D eigenvalue weighted by molar-refractivity contribution is 7.93. The van der Waals surface area contributed by atoms with Crippen LogP contribution in [0.25, 0.3) is 11.1 Å². The Morgan fingerprint density at radius 1 is 1.05 bits per heavy atom. The van der Waals surface area contributed by atoms with Crippen molar-refractivity contribution >= 4 is 30.3 Å². The molecule has 0 fully saturated rings. The van der Waals surface area contributed by atoms with Crippen LogP contribution in [0, 0.1) is 13.8 Å². The average Bonchev–Trinajstić information content (AvgIpc) is 3.19. The Hall–Kier alpha value is -2.79. The molecule has 10 heteroatoms. The summed E-state index contributed by atoms with van der Waals surface area (Å²) in [6.45, 7) is 13.1. The number of carbonyl (C=O) groups is 1. The van der Waals surface area contributed by atoms with Gasteiger partial charge in [0, 0.05) is 38.0 Å². The van der Waals surface area contributed by atoms with Crippen LogP contribution in [0.5, 0.6) is 0 Å². The molecule has 0 radical (unpaired) electrons. The van der Waals surface area contributed by atoms with Crippen molar-refractivity contribution in [3.8, 4) is 11.1 Å². The van der Waals surface area contributed by atoms with Gasteiger partial charge in [-0.25, -0.2) is 12.7 Å². The second-order valence-corrected chi connectivity index (χ2v) is 17.5. The first-order chi connectivity index (χ1) is 17.5. The minimum absolute atomic E-state index is 0.0915. The van der Waals surface area contributed by atoms with Gasteiger partial charge in [0.2, 0.25) is 5.88 Å². The SMILES string of the molecule is CCOCc1cc(C=O)ccc1-c1ccccc1S(=O)(=O)N(COCC[Si](C)(C)C)c1onc(C)c1C. The maximum atomic E-state index is 14.2. The van der Waals surface area contributed by atoms with Gasteiger partial charge < -0.3 is 14.0 Å². The third-order valence-corrected chi connectivity index (χ3v) is 9.50. The van der Waals surface area contributed by atoms with Crippen LogP contribution in [0.4, 0.5) is 5.88 Å². The van der Waals surface area contributed by atoms with Gasteiger partial charge in [0.25, 0.3) is 10.0 Å². The number of hydrogen-bond donors (Lipinski definition) is 0. The zero-order valence-corrected chi connectivity index (χ0v) is 24.2. The molecule has 0 aliphatic carbocycles. The number of hydrogen-bond acceptors (Lipinski definition) is 7. The van der Waals surface area contributed by atoms with E-state index in [2.05, 4.69) is 24.8 Å². The molecule has 1 aromatic heterocycles. The number of anilines is 1. The fraction of sp³-hybridized carbons (Fsp3) is 0.407. The van der Waals surface area contributed by atoms with E-state index in [0.717, 1.165) is 22.2 Å². The predicted octanol–water partition coefficient (Wildman–Crippen LogP) is 5.82. The Kier molecular flexibility index (Phi) is 9.46. The molecule has 2 aromatic carbocycles. The number of rotatable bonds is 13. The van der Waals surface area contributed by atoms with Gasteiger partial charge in [-0.3, -0.25) is 4.79 Å². The molecule has 0 saturated heterocycles. The molecule has 0 atom stereocenters. The highest BCUT2D eigenvalue weighted by atomic mass is 32.2. The molecule has 0 amide bonds. The molecular weight excluding hydrogens is 508 g/mol. The van der Waals surface area contributed by atoms with Gasteiger partial charge in [0.15, 0.2) is 0 Å². The standard InChI is InChI=1S/C27H36N2O6SSi/c1-7-33-18-23-16-22(17-30)12-13-24(23)25-10-8-9-11-26(25)36(31,32)29(19-34-14-15-37(4,5)6)27-20(2)21(3)28-35-27/h8-13,16-17H,7,14-15,18-19H2,1-6H3. The summed E-state index contributed by atoms with van der Waals surface area (Å²) in [6.07, 6.45) is 0.760. The first kappa shape index (κ1) is 28.8. The average molecular weight is 545 g/mol. The second kappa shape index (κ2) is 12.2. The lowest BCUT2D eigenvalue weighted by Crippen LogP contribution is -2.34. The maximum Gasteiger partial charge on any atom is 0.269 e. The number of aromatic nitrogens is 1. The van der Waals surface area contributed by atoms with E-state index in [-0.39, 0.29) is 24.1 Å². The van der Waals surface area contributed by atoms with Crippen molar-refractivity contribution in [2.45, 2.75) is 58.0 Å². The first-order valence-electron chi connectivity index (χ1n) is 12.3. The molecule has 0 unspecified atom stereocenters. The second-order valence-electron chi connectivity index (χ2n) is 10.1. The molecule has 8 nitrogen and oxygen atoms in total. The van der Waals surface area contributed by atoms with Crippen LogP contribution >= 0.6 is 0 Å². The highest BCUT2D eigenvalue weighted by Gasteiger charge is 2.33. The molecule has 0 N–H and O–H groups in total. The molecule has 0 aliphatic rings. The number of carbonyl (C=O) groups excluding carboxylic acids is 1. The van der Waals surface area contributed by atoms with E-state index in [9.17, 15) is 13.2 Å². The smallest absolute Gasteiger partial charge is 0.269 e. The predicted molar refractivity (Wildman–Crippen MR) is 147 cm³/mol. The van der Waals surface area contributed by atoms with E-state index < -0.39 is 18.1 Å². The van der Waals surface area contributed by atoms with Gasteiger partial charge in [-0.2, -0.15) is 0 Å². The molecule has 1 heterocycles. The third-order valence-electron chi connectivity index (χ3n) is 6.04. The summed E-state index contributed by atoms with van der Waals surface area (Å²) in [7, 11) is -5.50. The summed E-state index contributed by atoms with van der Waals surface area (Å²) in [5, 5.41) is 3.98. The van der Waals surface area contributed by atoms with Crippen LogP contribution in [-0.2, 0) is 26.1 Å². The van der Waals surface area contributed by atoms with E-state index >= 15 is 0 Å². The molecule has 37 heavy (non-hydrogen) atoms. The molecule has 0 saturated carbocycles. The van der Waals surface area contributed by atoms with Gasteiger partial charge in [-0.1, -0.05) is 55.1 Å². The summed E-state index contributed by atoms with van der Waals surface area (Å²) in [4.78, 5) is 11.5. The maximum absolute atomic E-state index is 14.2. The van der Waals surface area contributed by atoms with Crippen LogP contribution < -0.4 is 4.31 Å². The van der Waals surface area contributed by atoms with Crippen molar-refractivity contribution in [3.63, 3.8) is 0 Å². The number of sulfonamides is 1. The Morgan fingerprint density at radius 2 is 1.78 bits per heavy atom. The van der Waals surface area contributed by atoms with Crippen LogP contribution in [0.15, 0.2) is 51.9 Å². The Bertz CT molecular complexity index is 1330. The van der Waals surface area contributed by atoms with Crippen molar-refractivity contribution in [3.05, 3.63) is 64.8 Å². The Balaban J connectivity index is 2.10. The van der Waals surface area contributed by atoms with Crippen molar-refractivity contribution in [1.29, 1.82) is 0 Å². The van der Waals surface area contributed by atoms with Crippen LogP contribution in [-0.4, -0.2) is 47.9 Å². The molecule has 200 valence electrons. The normalized spacial score (nSPS) is 12.1. The largest absolute Gasteiger partial charge is 0.377 e. The lowest BCUT2D eigenvalue weighted by atomic mass is 9.98. The lowest BCUT2D eigenvalue weighted by Gasteiger charge is -2.24. The van der Waals surface area contributed by atoms with Crippen LogP contribution in [0.3, 0.4) is 0 Å². The number of aldehydes is 1. The van der Waals surface area contributed by atoms with Crippen molar-refractivity contribution in [2.75, 3.05) is 24.2 Å². The van der Waals surface area contributed by atoms with Gasteiger partial charge in [0.1, 0.15) is 13.0 Å². The minimum atomic E-state index is -4.14. The van der Waals surface area contributed by atoms with E-state index in [0.29, 0.717) is 41.2 Å². The Labute approximate surface area is 220 Å². The van der Waals surface area contributed by atoms with E-state index in [1.807, 2.05) is 6.92 Å². The molecule has 0 bridgehead atoms. The number of ether oxygens (including phenoxy) is 2. The minimum Gasteiger partial charge on any atom is -0.377 e. The van der Waals surface area contributed by atoms with Gasteiger partial charge in [-0.05, 0) is 50.1 Å². The van der Waals surface area contributed by atoms with Crippen molar-refractivity contribution in [2.24, 2.45) is 0 Å². The van der Waals surface area contributed by atoms with E-state index in [1.54, 1.807) is 56.3 Å². The third kappa shape index (κ3) is 6.95. The zero-order chi connectivity index (χ0) is 27.2. The summed E-state index contributed by atoms with van der Waals surface area (Å²) >= 11 is 0. The summed E-state index contributed by atoms with van der Waals surface area (Å²) in [6, 6.07) is 12.8. The summed E-state index contributed by atoms with van der Waals surface area (Å²) in [5.74, 6) is 0.131. The fourth-order valence-corrected chi connectivity index (χ4v) is 6.02. The van der Waals surface area contributed by atoms with Crippen molar-refractivity contribution in [1.82, 2.24) is 5.16 Å². The fourth-order valence-electron chi connectivity index (χ4n) is 3.71. The first-order valence-corrected chi connectivity index (χ1v) is 17.4. The molecule has 0 aliphatic heterocycles. The summed E-state index contributed by atoms with van der Waals surface area (Å²) < 4.78 is 46.5. The number of aryl methyl sites for hydroxylation is 1. The highest BCUT2D eigenvalue weighted by Crippen LogP contribution is 2.35. The molecule has 3 aromatic rings. The van der Waals surface area contributed by atoms with Gasteiger partial charge in [-0.15, -0.1) is 0 Å². The van der Waals surface area contributed by atoms with Gasteiger partial charge in [0.05, 0.1) is 17.2 Å². The molecule has 3 rings (SSSR count). The number of benzene rings is 2. The van der Waals surface area contributed by atoms with Crippen LogP contribution in [0.1, 0.15) is 34.1 Å². The van der Waals surface area contributed by atoms with Crippen LogP contribution in [0.2, 0.25) is 25.7 Å². The molecule has 0 spiro atoms. The monoisotopic (exact) mass is 544 g/mol. The topological polar surface area (TPSA) is 98.9 Å². The van der Waals surface area contributed by atoms with Crippen molar-refractivity contribution < 1.29 is 27.2 Å². The van der Waals surface area contributed by atoms with Gasteiger partial charge >= 0.3 is 0 Å². The molecular formula is C27H36N2O6SSi. The van der Waals surface area contributed by atoms with E-state index in [1.165, 1.54) is 0 Å². The quantitative estimate of drug-likeness (QED) is 0.116. The lowest BCUT2D eigenvalue weighted by molar-refractivity contribution is 0.112. The number of nitrogens with zero attached hydrogens (tertiary/aromatic N) is 2. The summed E-state index contributed by atoms with van der Waals surface area (Å²) in [5.41, 5.74) is 3.61. The van der Waals surface area contributed by atoms with E-state index in [4.69, 9.17) is 14.0 Å².